The Morgan fingerprint density at radius 1 is 1.46 bits per heavy atom. The van der Waals surface area contributed by atoms with E-state index in [2.05, 4.69) is 4.74 Å². The molecule has 0 N–H and O–H groups in total. The molecule has 0 aliphatic heterocycles. The van der Waals surface area contributed by atoms with Gasteiger partial charge in [-0.1, -0.05) is 0 Å². The van der Waals surface area contributed by atoms with Gasteiger partial charge in [0.05, 0.1) is 6.61 Å². The smallest absolute Gasteiger partial charge is 0.418 e. The summed E-state index contributed by atoms with van der Waals surface area (Å²) in [5.74, 6) is -0.594. The summed E-state index contributed by atoms with van der Waals surface area (Å²) in [6, 6.07) is 0. The van der Waals surface area contributed by atoms with E-state index >= 15 is 0 Å². The van der Waals surface area contributed by atoms with Crippen molar-refractivity contribution in [2.45, 2.75) is 20.0 Å². The first-order valence-corrected chi connectivity index (χ1v) is 3.99. The third-order valence-electron chi connectivity index (χ3n) is 1.23. The summed E-state index contributed by atoms with van der Waals surface area (Å²) in [6.45, 7) is 5.51. The zero-order chi connectivity index (χ0) is 10.1. The zero-order valence-corrected chi connectivity index (χ0v) is 7.74. The van der Waals surface area contributed by atoms with Crippen molar-refractivity contribution in [2.75, 3.05) is 19.8 Å². The number of ether oxygens (including phenoxy) is 3. The van der Waals surface area contributed by atoms with Crippen molar-refractivity contribution in [3.63, 3.8) is 0 Å². The molecule has 0 saturated heterocycles. The fraction of sp³-hybridized carbons (Fsp3) is 0.750. The Kier molecular flexibility index (Phi) is 6.91. The van der Waals surface area contributed by atoms with Crippen molar-refractivity contribution in [1.29, 1.82) is 0 Å². The van der Waals surface area contributed by atoms with Crippen LogP contribution in [-0.2, 0) is 23.8 Å². The lowest BCUT2D eigenvalue weighted by molar-refractivity contribution is -0.153. The Morgan fingerprint density at radius 3 is 2.69 bits per heavy atom. The molecular formula is C8H13O5. The maximum absolute atomic E-state index is 10.9. The lowest BCUT2D eigenvalue weighted by Crippen LogP contribution is -2.24. The van der Waals surface area contributed by atoms with Gasteiger partial charge in [0.2, 0.25) is 0 Å². The number of carbonyl (C=O) groups excluding carboxylic acids is 2. The number of esters is 1. The van der Waals surface area contributed by atoms with Crippen molar-refractivity contribution in [2.24, 2.45) is 0 Å². The number of carbonyl (C=O) groups is 1. The first-order chi connectivity index (χ1) is 6.22. The van der Waals surface area contributed by atoms with E-state index in [1.165, 1.54) is 13.4 Å². The van der Waals surface area contributed by atoms with Crippen LogP contribution in [-0.4, -0.2) is 38.4 Å². The largest absolute Gasteiger partial charge is 0.461 e. The summed E-state index contributed by atoms with van der Waals surface area (Å²) in [6.07, 6.45) is -0.904. The zero-order valence-electron chi connectivity index (χ0n) is 7.74. The Labute approximate surface area is 77.0 Å². The van der Waals surface area contributed by atoms with Gasteiger partial charge in [-0.05, 0) is 13.8 Å². The normalized spacial score (nSPS) is 11.8. The molecule has 0 aromatic carbocycles. The van der Waals surface area contributed by atoms with Gasteiger partial charge in [-0.15, -0.1) is 0 Å². The second-order valence-corrected chi connectivity index (χ2v) is 2.21. The molecule has 1 unspecified atom stereocenters. The minimum Gasteiger partial charge on any atom is -0.461 e. The second-order valence-electron chi connectivity index (χ2n) is 2.21. The third kappa shape index (κ3) is 6.10. The summed E-state index contributed by atoms with van der Waals surface area (Å²) >= 11 is 0. The van der Waals surface area contributed by atoms with Gasteiger partial charge in [0.1, 0.15) is 6.61 Å². The van der Waals surface area contributed by atoms with Crippen molar-refractivity contribution < 1.29 is 23.8 Å². The molecule has 0 spiro atoms. The van der Waals surface area contributed by atoms with Crippen LogP contribution in [0.2, 0.25) is 0 Å². The fourth-order valence-electron chi connectivity index (χ4n) is 0.583. The van der Waals surface area contributed by atoms with E-state index in [0.717, 1.165) is 0 Å². The molecule has 0 fully saturated rings. The lowest BCUT2D eigenvalue weighted by Gasteiger charge is -2.08. The van der Waals surface area contributed by atoms with E-state index in [-0.39, 0.29) is 6.61 Å². The van der Waals surface area contributed by atoms with E-state index in [9.17, 15) is 9.59 Å². The van der Waals surface area contributed by atoms with Gasteiger partial charge in [0.15, 0.2) is 6.10 Å². The molecule has 75 valence electrons. The van der Waals surface area contributed by atoms with Crippen LogP contribution in [0.4, 0.5) is 0 Å². The molecule has 0 bridgehead atoms. The Morgan fingerprint density at radius 2 is 2.15 bits per heavy atom. The van der Waals surface area contributed by atoms with E-state index in [0.29, 0.717) is 13.2 Å². The van der Waals surface area contributed by atoms with Gasteiger partial charge in [-0.3, -0.25) is 0 Å². The van der Waals surface area contributed by atoms with Crippen LogP contribution >= 0.6 is 0 Å². The molecule has 0 heterocycles. The Hall–Kier alpha value is -1.10. The van der Waals surface area contributed by atoms with Crippen LogP contribution in [0.5, 0.6) is 0 Å². The number of rotatable bonds is 7. The Bertz CT molecular complexity index is 157. The van der Waals surface area contributed by atoms with Crippen molar-refractivity contribution in [3.8, 4) is 0 Å². The standard InChI is InChI=1S/C8H13O5/c1-3-11-4-5-12-8(10)7(2)13-6-9/h7H,3-5H2,1-2H3. The number of hydrogen-bond donors (Lipinski definition) is 0. The summed E-state index contributed by atoms with van der Waals surface area (Å²) in [7, 11) is 0. The van der Waals surface area contributed by atoms with Crippen LogP contribution in [0.25, 0.3) is 0 Å². The molecule has 5 heteroatoms. The van der Waals surface area contributed by atoms with Gasteiger partial charge in [0, 0.05) is 6.61 Å². The monoisotopic (exact) mass is 189 g/mol. The van der Waals surface area contributed by atoms with Gasteiger partial charge >= 0.3 is 12.4 Å². The van der Waals surface area contributed by atoms with Crippen molar-refractivity contribution in [3.05, 3.63) is 0 Å². The third-order valence-corrected chi connectivity index (χ3v) is 1.23. The van der Waals surface area contributed by atoms with Gasteiger partial charge < -0.3 is 14.2 Å². The van der Waals surface area contributed by atoms with E-state index in [4.69, 9.17) is 9.47 Å². The van der Waals surface area contributed by atoms with E-state index in [1.807, 2.05) is 6.92 Å². The maximum Gasteiger partial charge on any atom is 0.418 e. The minimum atomic E-state index is -0.904. The van der Waals surface area contributed by atoms with Crippen LogP contribution < -0.4 is 0 Å². The van der Waals surface area contributed by atoms with Crippen LogP contribution in [0.15, 0.2) is 0 Å². The predicted molar refractivity (Wildman–Crippen MR) is 43.7 cm³/mol. The highest BCUT2D eigenvalue weighted by Gasteiger charge is 2.14. The van der Waals surface area contributed by atoms with E-state index in [1.54, 1.807) is 0 Å². The highest BCUT2D eigenvalue weighted by molar-refractivity contribution is 5.75. The second kappa shape index (κ2) is 7.54. The maximum atomic E-state index is 10.9. The molecule has 0 amide bonds. The molecule has 13 heavy (non-hydrogen) atoms. The highest BCUT2D eigenvalue weighted by Crippen LogP contribution is 1.92. The lowest BCUT2D eigenvalue weighted by atomic mass is 10.4. The van der Waals surface area contributed by atoms with Crippen molar-refractivity contribution in [1.82, 2.24) is 0 Å². The fourth-order valence-corrected chi connectivity index (χ4v) is 0.583. The number of hydrogen-bond acceptors (Lipinski definition) is 5. The van der Waals surface area contributed by atoms with Gasteiger partial charge in [-0.25, -0.2) is 9.59 Å². The van der Waals surface area contributed by atoms with Crippen LogP contribution in [0.1, 0.15) is 13.8 Å². The summed E-state index contributed by atoms with van der Waals surface area (Å²) < 4.78 is 13.9. The molecule has 5 nitrogen and oxygen atoms in total. The summed E-state index contributed by atoms with van der Waals surface area (Å²) in [5.41, 5.74) is 0. The Balaban J connectivity index is 3.44. The molecule has 0 aromatic heterocycles. The average molecular weight is 189 g/mol. The highest BCUT2D eigenvalue weighted by atomic mass is 16.6. The molecule has 1 radical (unpaired) electrons. The van der Waals surface area contributed by atoms with Gasteiger partial charge in [0.25, 0.3) is 0 Å². The van der Waals surface area contributed by atoms with Crippen LogP contribution in [0, 0.1) is 0 Å². The molecule has 0 saturated carbocycles. The molecular weight excluding hydrogens is 176 g/mol. The molecule has 0 rings (SSSR count). The SMILES string of the molecule is CCOCCOC(=O)C(C)O[C]=O. The summed E-state index contributed by atoms with van der Waals surface area (Å²) in [4.78, 5) is 20.6. The molecule has 0 aliphatic carbocycles. The first-order valence-electron chi connectivity index (χ1n) is 3.99. The summed E-state index contributed by atoms with van der Waals surface area (Å²) in [5, 5.41) is 0. The first kappa shape index (κ1) is 11.9. The molecule has 0 aromatic rings. The minimum absolute atomic E-state index is 0.166. The van der Waals surface area contributed by atoms with Crippen LogP contribution in [0.3, 0.4) is 0 Å². The topological polar surface area (TPSA) is 61.8 Å². The molecule has 1 atom stereocenters. The predicted octanol–water partition coefficient (Wildman–Crippen LogP) is 0.0384. The van der Waals surface area contributed by atoms with Crippen molar-refractivity contribution >= 4 is 12.4 Å². The van der Waals surface area contributed by atoms with E-state index < -0.39 is 12.1 Å². The van der Waals surface area contributed by atoms with Gasteiger partial charge in [-0.2, -0.15) is 0 Å². The molecule has 0 aliphatic rings. The quantitative estimate of drug-likeness (QED) is 0.418. The average Bonchev–Trinajstić information content (AvgIpc) is 2.12.